The predicted molar refractivity (Wildman–Crippen MR) is 86.4 cm³/mol. The van der Waals surface area contributed by atoms with E-state index in [1.165, 1.54) is 5.57 Å². The number of fused-ring (bicyclic) bond motifs is 3. The van der Waals surface area contributed by atoms with Crippen LogP contribution in [0.5, 0.6) is 11.5 Å². The number of hydrogen-bond acceptors (Lipinski definition) is 4. The van der Waals surface area contributed by atoms with Gasteiger partial charge in [0, 0.05) is 11.3 Å². The van der Waals surface area contributed by atoms with E-state index in [1.54, 1.807) is 0 Å². The van der Waals surface area contributed by atoms with Gasteiger partial charge >= 0.3 is 0 Å². The zero-order chi connectivity index (χ0) is 16.2. The van der Waals surface area contributed by atoms with Crippen LogP contribution < -0.4 is 9.47 Å². The van der Waals surface area contributed by atoms with E-state index in [-0.39, 0.29) is 30.8 Å². The Labute approximate surface area is 137 Å². The van der Waals surface area contributed by atoms with Crippen molar-refractivity contribution in [1.29, 1.82) is 0 Å². The highest BCUT2D eigenvalue weighted by Crippen LogP contribution is 2.56. The van der Waals surface area contributed by atoms with E-state index in [4.69, 9.17) is 14.2 Å². The number of rotatable bonds is 2. The molecule has 1 aromatic rings. The van der Waals surface area contributed by atoms with Gasteiger partial charge < -0.3 is 19.3 Å². The molecule has 4 heteroatoms. The number of allylic oxidation sites excluding steroid dienone is 1. The third-order valence-electron chi connectivity index (χ3n) is 6.27. The monoisotopic (exact) mass is 316 g/mol. The molecule has 0 aromatic heterocycles. The Hall–Kier alpha value is -1.52. The topological polar surface area (TPSA) is 47.9 Å². The van der Waals surface area contributed by atoms with Crippen LogP contribution >= 0.6 is 0 Å². The molecule has 0 unspecified atom stereocenters. The maximum absolute atomic E-state index is 10.1. The van der Waals surface area contributed by atoms with Crippen molar-refractivity contribution < 1.29 is 19.3 Å². The van der Waals surface area contributed by atoms with Crippen LogP contribution in [0, 0.1) is 23.2 Å². The lowest BCUT2D eigenvalue weighted by atomic mass is 9.56. The molecule has 0 radical (unpaired) electrons. The Morgan fingerprint density at radius 3 is 2.78 bits per heavy atom. The van der Waals surface area contributed by atoms with Gasteiger partial charge in [-0.3, -0.25) is 0 Å². The molecule has 4 rings (SSSR count). The summed E-state index contributed by atoms with van der Waals surface area (Å²) in [6.45, 7) is 7.68. The lowest BCUT2D eigenvalue weighted by Crippen LogP contribution is -2.53. The zero-order valence-electron chi connectivity index (χ0n) is 13.9. The number of benzene rings is 1. The minimum absolute atomic E-state index is 0.00271. The highest BCUT2D eigenvalue weighted by atomic mass is 16.7. The Morgan fingerprint density at radius 2 is 2.00 bits per heavy atom. The second-order valence-electron chi connectivity index (χ2n) is 7.25. The zero-order valence-corrected chi connectivity index (χ0v) is 13.9. The summed E-state index contributed by atoms with van der Waals surface area (Å²) in [5.41, 5.74) is 2.31. The van der Waals surface area contributed by atoms with Crippen LogP contribution in [0.3, 0.4) is 0 Å². The summed E-state index contributed by atoms with van der Waals surface area (Å²) in [4.78, 5) is 0. The third-order valence-corrected chi connectivity index (χ3v) is 6.27. The summed E-state index contributed by atoms with van der Waals surface area (Å²) in [7, 11) is 0. The maximum atomic E-state index is 10.1. The molecule has 5 atom stereocenters. The first kappa shape index (κ1) is 15.0. The van der Waals surface area contributed by atoms with Crippen molar-refractivity contribution in [2.75, 3.05) is 20.0 Å². The van der Waals surface area contributed by atoms with Gasteiger partial charge in [0.05, 0.1) is 19.3 Å². The molecule has 1 aromatic carbocycles. The van der Waals surface area contributed by atoms with E-state index < -0.39 is 0 Å². The largest absolute Gasteiger partial charge is 0.454 e. The molecule has 1 fully saturated rings. The molecule has 124 valence electrons. The summed E-state index contributed by atoms with van der Waals surface area (Å²) >= 11 is 0. The maximum Gasteiger partial charge on any atom is 0.231 e. The molecule has 2 bridgehead atoms. The molecule has 1 N–H and O–H groups in total. The van der Waals surface area contributed by atoms with Gasteiger partial charge in [0.1, 0.15) is 0 Å². The quantitative estimate of drug-likeness (QED) is 0.850. The first-order valence-corrected chi connectivity index (χ1v) is 8.37. The SMILES string of the molecule is CC1=C[C@@H](C)[C@@]2(CO)CO[C@@H](c3ccc4c(c3)OCO4)[C@@H]1[C@H]2C. The van der Waals surface area contributed by atoms with Crippen LogP contribution in [0.4, 0.5) is 0 Å². The molecule has 0 amide bonds. The Balaban J connectivity index is 1.73. The van der Waals surface area contributed by atoms with Crippen LogP contribution in [-0.2, 0) is 4.74 Å². The summed E-state index contributed by atoms with van der Waals surface area (Å²) in [6, 6.07) is 6.07. The van der Waals surface area contributed by atoms with Gasteiger partial charge in [0.25, 0.3) is 0 Å². The molecule has 4 nitrogen and oxygen atoms in total. The number of hydrogen-bond donors (Lipinski definition) is 1. The van der Waals surface area contributed by atoms with Crippen molar-refractivity contribution >= 4 is 0 Å². The van der Waals surface area contributed by atoms with E-state index in [2.05, 4.69) is 32.9 Å². The summed E-state index contributed by atoms with van der Waals surface area (Å²) < 4.78 is 17.2. The summed E-state index contributed by atoms with van der Waals surface area (Å²) in [6.07, 6.45) is 2.33. The molecule has 1 saturated heterocycles. The first-order chi connectivity index (χ1) is 11.1. The fourth-order valence-electron chi connectivity index (χ4n) is 4.68. The summed E-state index contributed by atoms with van der Waals surface area (Å²) in [5, 5.41) is 10.1. The molecular weight excluding hydrogens is 292 g/mol. The Bertz CT molecular complexity index is 653. The lowest BCUT2D eigenvalue weighted by Gasteiger charge is -2.55. The molecule has 2 aliphatic heterocycles. The molecule has 2 heterocycles. The van der Waals surface area contributed by atoms with Gasteiger partial charge in [0.2, 0.25) is 6.79 Å². The van der Waals surface area contributed by atoms with Crippen LogP contribution in [0.1, 0.15) is 32.4 Å². The van der Waals surface area contributed by atoms with Crippen LogP contribution in [0.15, 0.2) is 29.8 Å². The normalized spacial score (nSPS) is 38.3. The smallest absolute Gasteiger partial charge is 0.231 e. The standard InChI is InChI=1S/C19H24O4/c1-11-6-12(2)19(8-20)9-21-18(17(11)13(19)3)14-4-5-15-16(7-14)23-10-22-15/h4-7,12-13,17-18,20H,8-10H2,1-3H3/t12-,13-,17+,18+,19-/m1/s1. The minimum Gasteiger partial charge on any atom is -0.454 e. The lowest BCUT2D eigenvalue weighted by molar-refractivity contribution is -0.165. The molecular formula is C19H24O4. The second-order valence-corrected chi connectivity index (χ2v) is 7.25. The van der Waals surface area contributed by atoms with Crippen molar-refractivity contribution in [2.45, 2.75) is 26.9 Å². The molecule has 1 aliphatic carbocycles. The molecule has 0 saturated carbocycles. The van der Waals surface area contributed by atoms with E-state index >= 15 is 0 Å². The van der Waals surface area contributed by atoms with Crippen LogP contribution in [0.2, 0.25) is 0 Å². The van der Waals surface area contributed by atoms with Crippen molar-refractivity contribution in [2.24, 2.45) is 23.2 Å². The van der Waals surface area contributed by atoms with Crippen molar-refractivity contribution in [3.63, 3.8) is 0 Å². The van der Waals surface area contributed by atoms with Gasteiger partial charge in [-0.1, -0.05) is 31.6 Å². The van der Waals surface area contributed by atoms with E-state index in [0.717, 1.165) is 17.1 Å². The average molecular weight is 316 g/mol. The first-order valence-electron chi connectivity index (χ1n) is 8.37. The van der Waals surface area contributed by atoms with Gasteiger partial charge in [-0.15, -0.1) is 0 Å². The molecule has 23 heavy (non-hydrogen) atoms. The Kier molecular flexibility index (Phi) is 3.43. The number of aliphatic hydroxyl groups excluding tert-OH is 1. The van der Waals surface area contributed by atoms with Gasteiger partial charge in [0.15, 0.2) is 11.5 Å². The highest BCUT2D eigenvalue weighted by molar-refractivity contribution is 5.45. The summed E-state index contributed by atoms with van der Waals surface area (Å²) in [5.74, 6) is 2.58. The van der Waals surface area contributed by atoms with Gasteiger partial charge in [-0.2, -0.15) is 0 Å². The Morgan fingerprint density at radius 1 is 1.22 bits per heavy atom. The molecule has 0 spiro atoms. The highest BCUT2D eigenvalue weighted by Gasteiger charge is 2.53. The van der Waals surface area contributed by atoms with Crippen LogP contribution in [0.25, 0.3) is 0 Å². The minimum atomic E-state index is -0.170. The molecule has 3 aliphatic rings. The predicted octanol–water partition coefficient (Wildman–Crippen LogP) is 3.31. The number of aliphatic hydroxyl groups is 1. The van der Waals surface area contributed by atoms with E-state index in [9.17, 15) is 5.11 Å². The van der Waals surface area contributed by atoms with E-state index in [0.29, 0.717) is 18.4 Å². The van der Waals surface area contributed by atoms with Gasteiger partial charge in [-0.25, -0.2) is 0 Å². The van der Waals surface area contributed by atoms with Gasteiger partial charge in [-0.05, 0) is 36.5 Å². The fourth-order valence-corrected chi connectivity index (χ4v) is 4.68. The average Bonchev–Trinajstić information content (AvgIpc) is 3.00. The third kappa shape index (κ3) is 2.05. The van der Waals surface area contributed by atoms with E-state index in [1.807, 2.05) is 12.1 Å². The fraction of sp³-hybridized carbons (Fsp3) is 0.579. The van der Waals surface area contributed by atoms with Crippen LogP contribution in [-0.4, -0.2) is 25.1 Å². The van der Waals surface area contributed by atoms with Crippen molar-refractivity contribution in [1.82, 2.24) is 0 Å². The van der Waals surface area contributed by atoms with Crippen molar-refractivity contribution in [3.8, 4) is 11.5 Å². The van der Waals surface area contributed by atoms with Crippen molar-refractivity contribution in [3.05, 3.63) is 35.4 Å². The second kappa shape index (κ2) is 5.25. The number of ether oxygens (including phenoxy) is 3.